The predicted molar refractivity (Wildman–Crippen MR) is 93.0 cm³/mol. The predicted octanol–water partition coefficient (Wildman–Crippen LogP) is 5.20. The highest BCUT2D eigenvalue weighted by atomic mass is 16.5. The molecule has 0 fully saturated rings. The van der Waals surface area contributed by atoms with Gasteiger partial charge in [-0.3, -0.25) is 0 Å². The molecule has 1 aromatic heterocycles. The van der Waals surface area contributed by atoms with Gasteiger partial charge in [0.15, 0.2) is 6.20 Å². The standard InChI is InChI=1S/C21H15NO/c1-12-5-3-7-15-11-16-20-19-14(9-10-22-20)6-4-8-17(19)23-21(16)13(2)18(12)15/h3-11H,1-2H3/p+1. The Morgan fingerprint density at radius 1 is 0.870 bits per heavy atom. The summed E-state index contributed by atoms with van der Waals surface area (Å²) in [7, 11) is 0. The van der Waals surface area contributed by atoms with Crippen molar-refractivity contribution in [2.75, 3.05) is 0 Å². The molecule has 0 radical (unpaired) electrons. The third kappa shape index (κ3) is 1.61. The highest BCUT2D eigenvalue weighted by Gasteiger charge is 2.27. The first kappa shape index (κ1) is 12.7. The Morgan fingerprint density at radius 2 is 1.70 bits per heavy atom. The van der Waals surface area contributed by atoms with Crippen molar-refractivity contribution >= 4 is 21.5 Å². The first-order valence-corrected chi connectivity index (χ1v) is 7.88. The lowest BCUT2D eigenvalue weighted by Gasteiger charge is -2.21. The molecule has 2 heteroatoms. The first-order valence-electron chi connectivity index (χ1n) is 7.88. The van der Waals surface area contributed by atoms with E-state index in [2.05, 4.69) is 55.2 Å². The number of fused-ring (bicyclic) bond motifs is 3. The number of aromatic amines is 1. The second-order valence-electron chi connectivity index (χ2n) is 6.23. The lowest BCUT2D eigenvalue weighted by Crippen LogP contribution is -2.11. The molecule has 1 aliphatic rings. The van der Waals surface area contributed by atoms with E-state index in [-0.39, 0.29) is 0 Å². The summed E-state index contributed by atoms with van der Waals surface area (Å²) in [6, 6.07) is 17.0. The number of pyridine rings is 1. The third-order valence-electron chi connectivity index (χ3n) is 4.85. The van der Waals surface area contributed by atoms with Crippen LogP contribution in [0.25, 0.3) is 32.8 Å². The molecule has 0 atom stereocenters. The van der Waals surface area contributed by atoms with Crippen molar-refractivity contribution in [3.05, 3.63) is 65.9 Å². The molecule has 3 aromatic carbocycles. The number of aryl methyl sites for hydroxylation is 2. The van der Waals surface area contributed by atoms with E-state index in [9.17, 15) is 0 Å². The van der Waals surface area contributed by atoms with E-state index in [0.717, 1.165) is 28.1 Å². The van der Waals surface area contributed by atoms with E-state index in [4.69, 9.17) is 4.74 Å². The Labute approximate surface area is 134 Å². The molecule has 0 bridgehead atoms. The fourth-order valence-electron chi connectivity index (χ4n) is 3.83. The summed E-state index contributed by atoms with van der Waals surface area (Å²) in [6.45, 7) is 4.31. The summed E-state index contributed by atoms with van der Waals surface area (Å²) in [5.74, 6) is 1.90. The average Bonchev–Trinajstić information content (AvgIpc) is 2.56. The van der Waals surface area contributed by atoms with Crippen LogP contribution in [0.4, 0.5) is 0 Å². The molecule has 0 spiro atoms. The number of H-pyrrole nitrogens is 1. The zero-order valence-corrected chi connectivity index (χ0v) is 13.1. The minimum atomic E-state index is 0.929. The molecule has 2 heterocycles. The van der Waals surface area contributed by atoms with Crippen LogP contribution in [0, 0.1) is 13.8 Å². The largest absolute Gasteiger partial charge is 0.455 e. The lowest BCUT2D eigenvalue weighted by atomic mass is 9.92. The van der Waals surface area contributed by atoms with Crippen molar-refractivity contribution in [2.45, 2.75) is 13.8 Å². The number of benzene rings is 3. The van der Waals surface area contributed by atoms with Gasteiger partial charge in [0.1, 0.15) is 11.5 Å². The summed E-state index contributed by atoms with van der Waals surface area (Å²) in [5, 5.41) is 4.91. The van der Waals surface area contributed by atoms with Gasteiger partial charge in [-0.25, -0.2) is 4.98 Å². The van der Waals surface area contributed by atoms with E-state index in [1.807, 2.05) is 18.3 Å². The summed E-state index contributed by atoms with van der Waals surface area (Å²) in [4.78, 5) is 3.44. The van der Waals surface area contributed by atoms with Gasteiger partial charge in [-0.15, -0.1) is 0 Å². The fraction of sp³-hybridized carbons (Fsp3) is 0.0952. The maximum absolute atomic E-state index is 6.32. The lowest BCUT2D eigenvalue weighted by molar-refractivity contribution is -0.363. The number of hydrogen-bond acceptors (Lipinski definition) is 1. The molecule has 0 saturated carbocycles. The van der Waals surface area contributed by atoms with Crippen LogP contribution < -0.4 is 9.72 Å². The van der Waals surface area contributed by atoms with Crippen molar-refractivity contribution in [2.24, 2.45) is 0 Å². The molecule has 110 valence electrons. The number of ether oxygens (including phenoxy) is 1. The van der Waals surface area contributed by atoms with Gasteiger partial charge < -0.3 is 4.74 Å². The fourth-order valence-corrected chi connectivity index (χ4v) is 3.83. The third-order valence-corrected chi connectivity index (χ3v) is 4.85. The van der Waals surface area contributed by atoms with Gasteiger partial charge >= 0.3 is 0 Å². The van der Waals surface area contributed by atoms with E-state index < -0.39 is 0 Å². The van der Waals surface area contributed by atoms with Crippen LogP contribution in [0.2, 0.25) is 0 Å². The van der Waals surface area contributed by atoms with Gasteiger partial charge in [0.05, 0.1) is 10.9 Å². The topological polar surface area (TPSA) is 23.4 Å². The molecular weight excluding hydrogens is 282 g/mol. The minimum Gasteiger partial charge on any atom is -0.455 e. The van der Waals surface area contributed by atoms with Crippen LogP contribution in [-0.4, -0.2) is 0 Å². The van der Waals surface area contributed by atoms with Crippen LogP contribution in [0.5, 0.6) is 11.5 Å². The molecular formula is C21H16NO+. The monoisotopic (exact) mass is 298 g/mol. The molecule has 23 heavy (non-hydrogen) atoms. The van der Waals surface area contributed by atoms with Gasteiger partial charge in [0.2, 0.25) is 5.69 Å². The van der Waals surface area contributed by atoms with Crippen LogP contribution in [-0.2, 0) is 0 Å². The summed E-state index contributed by atoms with van der Waals surface area (Å²) in [5.41, 5.74) is 4.78. The molecule has 0 saturated heterocycles. The SMILES string of the molecule is Cc1cccc2cc3c(c(C)c12)Oc1cccc2cc[nH+]c-3c12. The van der Waals surface area contributed by atoms with Crippen LogP contribution >= 0.6 is 0 Å². The highest BCUT2D eigenvalue weighted by Crippen LogP contribution is 2.47. The van der Waals surface area contributed by atoms with Crippen molar-refractivity contribution in [1.29, 1.82) is 0 Å². The summed E-state index contributed by atoms with van der Waals surface area (Å²) < 4.78 is 6.32. The second-order valence-corrected chi connectivity index (χ2v) is 6.23. The van der Waals surface area contributed by atoms with E-state index in [0.29, 0.717) is 0 Å². The quantitative estimate of drug-likeness (QED) is 0.385. The second kappa shape index (κ2) is 4.32. The number of aromatic nitrogens is 1. The van der Waals surface area contributed by atoms with Crippen LogP contribution in [0.3, 0.4) is 0 Å². The molecule has 0 amide bonds. The van der Waals surface area contributed by atoms with E-state index in [1.165, 1.54) is 27.3 Å². The van der Waals surface area contributed by atoms with Crippen molar-refractivity contribution in [3.63, 3.8) is 0 Å². The zero-order chi connectivity index (χ0) is 15.6. The van der Waals surface area contributed by atoms with Crippen LogP contribution in [0.1, 0.15) is 11.1 Å². The molecule has 0 aliphatic carbocycles. The Bertz CT molecular complexity index is 1110. The molecule has 1 N–H and O–H groups in total. The van der Waals surface area contributed by atoms with Gasteiger partial charge in [0, 0.05) is 11.6 Å². The van der Waals surface area contributed by atoms with Gasteiger partial charge in [-0.2, -0.15) is 0 Å². The Kier molecular flexibility index (Phi) is 2.38. The smallest absolute Gasteiger partial charge is 0.226 e. The maximum Gasteiger partial charge on any atom is 0.226 e. The van der Waals surface area contributed by atoms with Crippen molar-refractivity contribution in [1.82, 2.24) is 0 Å². The number of rotatable bonds is 0. The minimum absolute atomic E-state index is 0.929. The average molecular weight is 298 g/mol. The molecule has 1 aliphatic heterocycles. The van der Waals surface area contributed by atoms with Crippen LogP contribution in [0.15, 0.2) is 54.7 Å². The molecule has 5 rings (SSSR count). The Balaban J connectivity index is 1.98. The van der Waals surface area contributed by atoms with E-state index >= 15 is 0 Å². The molecule has 4 aromatic rings. The molecule has 2 nitrogen and oxygen atoms in total. The van der Waals surface area contributed by atoms with Gasteiger partial charge in [-0.05, 0) is 47.7 Å². The Morgan fingerprint density at radius 3 is 2.61 bits per heavy atom. The maximum atomic E-state index is 6.32. The molecule has 0 unspecified atom stereocenters. The number of nitrogens with one attached hydrogen (secondary N) is 1. The summed E-state index contributed by atoms with van der Waals surface area (Å²) >= 11 is 0. The Hall–Kier alpha value is -2.87. The zero-order valence-electron chi connectivity index (χ0n) is 13.1. The van der Waals surface area contributed by atoms with Crippen molar-refractivity contribution in [3.8, 4) is 22.8 Å². The highest BCUT2D eigenvalue weighted by molar-refractivity contribution is 6.04. The van der Waals surface area contributed by atoms with Gasteiger partial charge in [0.25, 0.3) is 0 Å². The number of hydrogen-bond donors (Lipinski definition) is 0. The normalized spacial score (nSPS) is 12.3. The first-order chi connectivity index (χ1) is 11.2. The van der Waals surface area contributed by atoms with E-state index in [1.54, 1.807) is 0 Å². The van der Waals surface area contributed by atoms with Gasteiger partial charge in [-0.1, -0.05) is 30.3 Å². The summed E-state index contributed by atoms with van der Waals surface area (Å²) in [6.07, 6.45) is 2.01. The van der Waals surface area contributed by atoms with Crippen molar-refractivity contribution < 1.29 is 9.72 Å².